The van der Waals surface area contributed by atoms with E-state index in [4.69, 9.17) is 25.6 Å². The van der Waals surface area contributed by atoms with Crippen LogP contribution in [0.1, 0.15) is 36.0 Å². The number of carbonyl (C=O) groups excluding carboxylic acids is 1. The van der Waals surface area contributed by atoms with E-state index < -0.39 is 0 Å². The first-order chi connectivity index (χ1) is 11.5. The SMILES string of the molecule is CCCCN(C)C(=O)c1cc(COc2ccc(OC)cc2Cl)on1. The number of hydrogen-bond acceptors (Lipinski definition) is 5. The minimum absolute atomic E-state index is 0.130. The molecular weight excluding hydrogens is 332 g/mol. The van der Waals surface area contributed by atoms with Gasteiger partial charge in [0.15, 0.2) is 11.5 Å². The Morgan fingerprint density at radius 3 is 2.83 bits per heavy atom. The summed E-state index contributed by atoms with van der Waals surface area (Å²) in [5.74, 6) is 1.44. The third-order valence-electron chi connectivity index (χ3n) is 3.48. The number of methoxy groups -OCH3 is 1. The molecule has 0 spiro atoms. The second-order valence-electron chi connectivity index (χ2n) is 5.34. The Balaban J connectivity index is 1.95. The zero-order chi connectivity index (χ0) is 17.5. The van der Waals surface area contributed by atoms with Gasteiger partial charge in [0.25, 0.3) is 5.91 Å². The van der Waals surface area contributed by atoms with Crippen molar-refractivity contribution in [3.63, 3.8) is 0 Å². The van der Waals surface area contributed by atoms with Gasteiger partial charge in [-0.1, -0.05) is 30.1 Å². The Hall–Kier alpha value is -2.21. The lowest BCUT2D eigenvalue weighted by atomic mass is 10.3. The van der Waals surface area contributed by atoms with Crippen LogP contribution in [-0.4, -0.2) is 36.7 Å². The summed E-state index contributed by atoms with van der Waals surface area (Å²) in [6.07, 6.45) is 1.98. The largest absolute Gasteiger partial charge is 0.497 e. The van der Waals surface area contributed by atoms with E-state index >= 15 is 0 Å². The van der Waals surface area contributed by atoms with Gasteiger partial charge in [-0.05, 0) is 18.6 Å². The quantitative estimate of drug-likeness (QED) is 0.723. The molecule has 2 rings (SSSR count). The van der Waals surface area contributed by atoms with Crippen LogP contribution in [0.3, 0.4) is 0 Å². The maximum atomic E-state index is 12.2. The molecule has 2 aromatic rings. The molecular formula is C17H21ClN2O4. The second kappa shape index (κ2) is 8.59. The topological polar surface area (TPSA) is 64.8 Å². The molecule has 130 valence electrons. The number of unbranched alkanes of at least 4 members (excludes halogenated alkanes) is 1. The van der Waals surface area contributed by atoms with Crippen LogP contribution in [0, 0.1) is 0 Å². The minimum atomic E-state index is -0.166. The Morgan fingerprint density at radius 2 is 2.17 bits per heavy atom. The summed E-state index contributed by atoms with van der Waals surface area (Å²) in [4.78, 5) is 13.8. The smallest absolute Gasteiger partial charge is 0.275 e. The molecule has 6 nitrogen and oxygen atoms in total. The molecule has 0 bridgehead atoms. The number of hydrogen-bond donors (Lipinski definition) is 0. The highest BCUT2D eigenvalue weighted by atomic mass is 35.5. The van der Waals surface area contributed by atoms with E-state index in [2.05, 4.69) is 12.1 Å². The molecule has 0 aliphatic heterocycles. The van der Waals surface area contributed by atoms with Crippen LogP contribution in [-0.2, 0) is 6.61 Å². The summed E-state index contributed by atoms with van der Waals surface area (Å²) in [5.41, 5.74) is 0.271. The molecule has 1 heterocycles. The van der Waals surface area contributed by atoms with Crippen LogP contribution < -0.4 is 9.47 Å². The molecule has 1 aromatic heterocycles. The highest BCUT2D eigenvalue weighted by molar-refractivity contribution is 6.32. The molecule has 7 heteroatoms. The van der Waals surface area contributed by atoms with Gasteiger partial charge >= 0.3 is 0 Å². The molecule has 0 unspecified atom stereocenters. The summed E-state index contributed by atoms with van der Waals surface area (Å²) in [6, 6.07) is 6.71. The molecule has 0 saturated carbocycles. The number of aromatic nitrogens is 1. The summed E-state index contributed by atoms with van der Waals surface area (Å²) >= 11 is 6.11. The van der Waals surface area contributed by atoms with Crippen molar-refractivity contribution in [3.8, 4) is 11.5 Å². The summed E-state index contributed by atoms with van der Waals surface area (Å²) in [5, 5.41) is 4.24. The van der Waals surface area contributed by atoms with E-state index in [1.165, 1.54) is 0 Å². The summed E-state index contributed by atoms with van der Waals surface area (Å²) in [6.45, 7) is 2.90. The summed E-state index contributed by atoms with van der Waals surface area (Å²) < 4.78 is 15.8. The third-order valence-corrected chi connectivity index (χ3v) is 3.78. The first-order valence-electron chi connectivity index (χ1n) is 7.72. The van der Waals surface area contributed by atoms with Crippen molar-refractivity contribution in [1.29, 1.82) is 0 Å². The summed E-state index contributed by atoms with van der Waals surface area (Å²) in [7, 11) is 3.32. The minimum Gasteiger partial charge on any atom is -0.497 e. The van der Waals surface area contributed by atoms with Crippen molar-refractivity contribution in [2.45, 2.75) is 26.4 Å². The molecule has 24 heavy (non-hydrogen) atoms. The molecule has 1 amide bonds. The Kier molecular flexibility index (Phi) is 6.49. The van der Waals surface area contributed by atoms with Crippen LogP contribution in [0.5, 0.6) is 11.5 Å². The van der Waals surface area contributed by atoms with Gasteiger partial charge in [-0.15, -0.1) is 0 Å². The predicted octanol–water partition coefficient (Wildman–Crippen LogP) is 3.79. The van der Waals surface area contributed by atoms with Gasteiger partial charge in [0.1, 0.15) is 18.1 Å². The number of nitrogens with zero attached hydrogens (tertiary/aromatic N) is 2. The monoisotopic (exact) mass is 352 g/mol. The number of ether oxygens (including phenoxy) is 2. The molecule has 0 fully saturated rings. The Labute approximate surface area is 146 Å². The van der Waals surface area contributed by atoms with Gasteiger partial charge in [0, 0.05) is 25.7 Å². The molecule has 1 aromatic carbocycles. The van der Waals surface area contributed by atoms with Crippen molar-refractivity contribution < 1.29 is 18.8 Å². The zero-order valence-corrected chi connectivity index (χ0v) is 14.8. The lowest BCUT2D eigenvalue weighted by Crippen LogP contribution is -2.27. The van der Waals surface area contributed by atoms with Crippen molar-refractivity contribution in [2.75, 3.05) is 20.7 Å². The molecule has 0 aliphatic carbocycles. The molecule has 0 N–H and O–H groups in total. The van der Waals surface area contributed by atoms with E-state index in [1.54, 1.807) is 43.3 Å². The first-order valence-corrected chi connectivity index (χ1v) is 8.10. The fraction of sp³-hybridized carbons (Fsp3) is 0.412. The highest BCUT2D eigenvalue weighted by Gasteiger charge is 2.17. The maximum Gasteiger partial charge on any atom is 0.275 e. The number of rotatable bonds is 8. The fourth-order valence-electron chi connectivity index (χ4n) is 2.05. The first kappa shape index (κ1) is 18.1. The zero-order valence-electron chi connectivity index (χ0n) is 14.0. The van der Waals surface area contributed by atoms with Crippen LogP contribution >= 0.6 is 11.6 Å². The lowest BCUT2D eigenvalue weighted by Gasteiger charge is -2.14. The van der Waals surface area contributed by atoms with Gasteiger partial charge in [-0.25, -0.2) is 0 Å². The van der Waals surface area contributed by atoms with Gasteiger partial charge < -0.3 is 18.9 Å². The van der Waals surface area contributed by atoms with Crippen LogP contribution in [0.2, 0.25) is 5.02 Å². The Morgan fingerprint density at radius 1 is 1.38 bits per heavy atom. The van der Waals surface area contributed by atoms with Gasteiger partial charge in [-0.3, -0.25) is 4.79 Å². The number of benzene rings is 1. The van der Waals surface area contributed by atoms with Gasteiger partial charge in [-0.2, -0.15) is 0 Å². The van der Waals surface area contributed by atoms with Crippen molar-refractivity contribution in [1.82, 2.24) is 10.1 Å². The van der Waals surface area contributed by atoms with E-state index in [-0.39, 0.29) is 18.2 Å². The standard InChI is InChI=1S/C17H21ClN2O4/c1-4-5-8-20(2)17(21)15-10-13(24-19-15)11-23-16-7-6-12(22-3)9-14(16)18/h6-7,9-10H,4-5,8,11H2,1-3H3. The normalized spacial score (nSPS) is 10.5. The average Bonchev–Trinajstić information content (AvgIpc) is 3.06. The van der Waals surface area contributed by atoms with Gasteiger partial charge in [0.2, 0.25) is 0 Å². The molecule has 0 saturated heterocycles. The highest BCUT2D eigenvalue weighted by Crippen LogP contribution is 2.29. The number of carbonyl (C=O) groups is 1. The number of halogens is 1. The van der Waals surface area contributed by atoms with Crippen molar-refractivity contribution in [3.05, 3.63) is 40.7 Å². The van der Waals surface area contributed by atoms with E-state index in [0.29, 0.717) is 28.8 Å². The van der Waals surface area contributed by atoms with Gasteiger partial charge in [0.05, 0.1) is 12.1 Å². The fourth-order valence-corrected chi connectivity index (χ4v) is 2.27. The van der Waals surface area contributed by atoms with E-state index in [0.717, 1.165) is 12.8 Å². The average molecular weight is 353 g/mol. The van der Waals surface area contributed by atoms with Crippen LogP contribution in [0.25, 0.3) is 0 Å². The number of amides is 1. The van der Waals surface area contributed by atoms with Crippen molar-refractivity contribution >= 4 is 17.5 Å². The molecule has 0 aliphatic rings. The second-order valence-corrected chi connectivity index (χ2v) is 5.75. The maximum absolute atomic E-state index is 12.2. The Bertz CT molecular complexity index is 687. The molecule has 0 radical (unpaired) electrons. The third kappa shape index (κ3) is 4.64. The van der Waals surface area contributed by atoms with Crippen molar-refractivity contribution in [2.24, 2.45) is 0 Å². The van der Waals surface area contributed by atoms with Crippen LogP contribution in [0.4, 0.5) is 0 Å². The van der Waals surface area contributed by atoms with E-state index in [1.807, 2.05) is 0 Å². The lowest BCUT2D eigenvalue weighted by molar-refractivity contribution is 0.0782. The predicted molar refractivity (Wildman–Crippen MR) is 90.7 cm³/mol. The van der Waals surface area contributed by atoms with E-state index in [9.17, 15) is 4.79 Å². The molecule has 0 atom stereocenters. The van der Waals surface area contributed by atoms with Crippen LogP contribution in [0.15, 0.2) is 28.8 Å².